The lowest BCUT2D eigenvalue weighted by molar-refractivity contribution is 0.480. The van der Waals surface area contributed by atoms with E-state index in [4.69, 9.17) is 0 Å². The third kappa shape index (κ3) is 2.03. The first-order chi connectivity index (χ1) is 10.2. The molecule has 2 aliphatic heterocycles. The second-order valence-electron chi connectivity index (χ2n) is 5.99. The third-order valence-corrected chi connectivity index (χ3v) is 4.71. The molecule has 2 aromatic heterocycles. The van der Waals surface area contributed by atoms with Gasteiger partial charge in [0.2, 0.25) is 0 Å². The smallest absolute Gasteiger partial charge is 0.349 e. The van der Waals surface area contributed by atoms with Gasteiger partial charge in [0.15, 0.2) is 5.65 Å². The summed E-state index contributed by atoms with van der Waals surface area (Å²) >= 11 is 0. The van der Waals surface area contributed by atoms with Gasteiger partial charge in [-0.2, -0.15) is 5.10 Å². The summed E-state index contributed by atoms with van der Waals surface area (Å²) in [4.78, 5) is 18.7. The molecule has 4 heterocycles. The van der Waals surface area contributed by atoms with Crippen LogP contribution in [-0.4, -0.2) is 44.8 Å². The van der Waals surface area contributed by atoms with E-state index in [0.29, 0.717) is 23.6 Å². The number of nitrogens with one attached hydrogen (secondary N) is 2. The number of aromatic amines is 1. The standard InChI is InChI=1S/C14H20N6O/c1-9-16-12(8-13-17-18-14(21)20(9)13)19-7-3-5-11(19)10-4-2-6-15-10/h8,10-11,15H,2-7H2,1H3,(H,18,21). The Morgan fingerprint density at radius 1 is 1.33 bits per heavy atom. The Morgan fingerprint density at radius 3 is 3.05 bits per heavy atom. The molecule has 0 bridgehead atoms. The number of H-pyrrole nitrogens is 1. The molecule has 4 rings (SSSR count). The zero-order valence-corrected chi connectivity index (χ0v) is 12.2. The first-order valence-electron chi connectivity index (χ1n) is 7.69. The van der Waals surface area contributed by atoms with Crippen molar-refractivity contribution >= 4 is 11.5 Å². The molecule has 2 aliphatic rings. The van der Waals surface area contributed by atoms with Gasteiger partial charge in [0.1, 0.15) is 11.6 Å². The molecule has 7 heteroatoms. The van der Waals surface area contributed by atoms with E-state index in [-0.39, 0.29) is 5.69 Å². The maximum Gasteiger partial charge on any atom is 0.349 e. The van der Waals surface area contributed by atoms with Crippen LogP contribution in [0.1, 0.15) is 31.5 Å². The predicted molar refractivity (Wildman–Crippen MR) is 79.7 cm³/mol. The molecule has 2 N–H and O–H groups in total. The molecule has 0 aliphatic carbocycles. The molecule has 0 saturated carbocycles. The fraction of sp³-hybridized carbons (Fsp3) is 0.643. The number of aromatic nitrogens is 4. The van der Waals surface area contributed by atoms with Crippen LogP contribution in [0.3, 0.4) is 0 Å². The van der Waals surface area contributed by atoms with Crippen molar-refractivity contribution in [1.29, 1.82) is 0 Å². The van der Waals surface area contributed by atoms with Crippen LogP contribution >= 0.6 is 0 Å². The van der Waals surface area contributed by atoms with Crippen LogP contribution in [0, 0.1) is 6.92 Å². The molecule has 0 radical (unpaired) electrons. The Balaban J connectivity index is 1.73. The maximum absolute atomic E-state index is 11.7. The molecule has 2 atom stereocenters. The number of anilines is 1. The zero-order chi connectivity index (χ0) is 14.4. The van der Waals surface area contributed by atoms with Gasteiger partial charge in [-0.3, -0.25) is 0 Å². The minimum absolute atomic E-state index is 0.225. The van der Waals surface area contributed by atoms with E-state index in [1.54, 1.807) is 0 Å². The van der Waals surface area contributed by atoms with Gasteiger partial charge in [-0.05, 0) is 39.2 Å². The lowest BCUT2D eigenvalue weighted by atomic mass is 10.0. The first-order valence-corrected chi connectivity index (χ1v) is 7.69. The van der Waals surface area contributed by atoms with Crippen molar-refractivity contribution < 1.29 is 0 Å². The molecule has 2 saturated heterocycles. The highest BCUT2D eigenvalue weighted by Crippen LogP contribution is 2.29. The van der Waals surface area contributed by atoms with Gasteiger partial charge in [-0.1, -0.05) is 0 Å². The summed E-state index contributed by atoms with van der Waals surface area (Å²) in [5.41, 5.74) is 0.421. The second-order valence-corrected chi connectivity index (χ2v) is 5.99. The Hall–Kier alpha value is -1.89. The first kappa shape index (κ1) is 12.8. The van der Waals surface area contributed by atoms with Gasteiger partial charge >= 0.3 is 5.69 Å². The lowest BCUT2D eigenvalue weighted by Gasteiger charge is -2.30. The van der Waals surface area contributed by atoms with E-state index in [2.05, 4.69) is 25.4 Å². The quantitative estimate of drug-likeness (QED) is 0.839. The highest BCUT2D eigenvalue weighted by molar-refractivity contribution is 5.52. The zero-order valence-electron chi connectivity index (χ0n) is 12.2. The van der Waals surface area contributed by atoms with Crippen molar-refractivity contribution in [2.75, 3.05) is 18.0 Å². The van der Waals surface area contributed by atoms with Crippen LogP contribution in [0.25, 0.3) is 5.65 Å². The van der Waals surface area contributed by atoms with Gasteiger partial charge in [-0.25, -0.2) is 19.3 Å². The maximum atomic E-state index is 11.7. The van der Waals surface area contributed by atoms with Crippen LogP contribution in [0.4, 0.5) is 5.82 Å². The molecule has 2 aromatic rings. The molecule has 21 heavy (non-hydrogen) atoms. The topological polar surface area (TPSA) is 78.3 Å². The molecule has 0 aromatic carbocycles. The van der Waals surface area contributed by atoms with Crippen molar-refractivity contribution in [3.63, 3.8) is 0 Å². The van der Waals surface area contributed by atoms with Gasteiger partial charge in [-0.15, -0.1) is 0 Å². The van der Waals surface area contributed by atoms with E-state index in [1.165, 1.54) is 30.1 Å². The van der Waals surface area contributed by atoms with Crippen LogP contribution in [0.2, 0.25) is 0 Å². The van der Waals surface area contributed by atoms with E-state index < -0.39 is 0 Å². The monoisotopic (exact) mass is 288 g/mol. The predicted octanol–water partition coefficient (Wildman–Crippen LogP) is 0.447. The Labute approximate surface area is 122 Å². The second kappa shape index (κ2) is 4.84. The summed E-state index contributed by atoms with van der Waals surface area (Å²) in [6, 6.07) is 2.98. The minimum Gasteiger partial charge on any atom is -0.352 e. The van der Waals surface area contributed by atoms with Crippen molar-refractivity contribution in [2.45, 2.75) is 44.7 Å². The largest absolute Gasteiger partial charge is 0.352 e. The summed E-state index contributed by atoms with van der Waals surface area (Å²) < 4.78 is 1.52. The van der Waals surface area contributed by atoms with Crippen LogP contribution < -0.4 is 15.9 Å². The fourth-order valence-electron chi connectivity index (χ4n) is 3.76. The van der Waals surface area contributed by atoms with Crippen LogP contribution in [0.15, 0.2) is 10.9 Å². The highest BCUT2D eigenvalue weighted by atomic mass is 16.1. The van der Waals surface area contributed by atoms with E-state index >= 15 is 0 Å². The van der Waals surface area contributed by atoms with Gasteiger partial charge in [0.25, 0.3) is 0 Å². The van der Waals surface area contributed by atoms with Gasteiger partial charge in [0, 0.05) is 24.7 Å². The summed E-state index contributed by atoms with van der Waals surface area (Å²) in [5, 5.41) is 10.2. The molecule has 2 fully saturated rings. The van der Waals surface area contributed by atoms with Crippen LogP contribution in [0.5, 0.6) is 0 Å². The molecule has 2 unspecified atom stereocenters. The number of nitrogens with zero attached hydrogens (tertiary/aromatic N) is 4. The third-order valence-electron chi connectivity index (χ3n) is 4.71. The van der Waals surface area contributed by atoms with Crippen molar-refractivity contribution in [1.82, 2.24) is 24.9 Å². The summed E-state index contributed by atoms with van der Waals surface area (Å²) in [6.07, 6.45) is 4.90. The Morgan fingerprint density at radius 2 is 2.24 bits per heavy atom. The van der Waals surface area contributed by atoms with E-state index in [0.717, 1.165) is 18.9 Å². The summed E-state index contributed by atoms with van der Waals surface area (Å²) in [7, 11) is 0. The average molecular weight is 288 g/mol. The van der Waals surface area contributed by atoms with E-state index in [1.807, 2.05) is 13.0 Å². The number of hydrogen-bond acceptors (Lipinski definition) is 5. The molecular weight excluding hydrogens is 268 g/mol. The average Bonchev–Trinajstić information content (AvgIpc) is 3.17. The number of aryl methyl sites for hydroxylation is 1. The molecule has 112 valence electrons. The highest BCUT2D eigenvalue weighted by Gasteiger charge is 2.34. The minimum atomic E-state index is -0.225. The molecular formula is C14H20N6O. The SMILES string of the molecule is Cc1nc(N2CCCC2C2CCCN2)cc2n[nH]c(=O)n12. The Kier molecular flexibility index (Phi) is 2.95. The van der Waals surface area contributed by atoms with Crippen molar-refractivity contribution in [2.24, 2.45) is 0 Å². The summed E-state index contributed by atoms with van der Waals surface area (Å²) in [5.74, 6) is 1.63. The Bertz CT molecular complexity index is 714. The number of fused-ring (bicyclic) bond motifs is 1. The summed E-state index contributed by atoms with van der Waals surface area (Å²) in [6.45, 7) is 4.00. The van der Waals surface area contributed by atoms with Crippen molar-refractivity contribution in [3.8, 4) is 0 Å². The number of hydrogen-bond donors (Lipinski definition) is 2. The molecule has 0 spiro atoms. The molecule has 0 amide bonds. The number of rotatable bonds is 2. The van der Waals surface area contributed by atoms with Crippen LogP contribution in [-0.2, 0) is 0 Å². The fourth-order valence-corrected chi connectivity index (χ4v) is 3.76. The van der Waals surface area contributed by atoms with Gasteiger partial charge < -0.3 is 10.2 Å². The van der Waals surface area contributed by atoms with E-state index in [9.17, 15) is 4.79 Å². The van der Waals surface area contributed by atoms with Crippen molar-refractivity contribution in [3.05, 3.63) is 22.4 Å². The lowest BCUT2D eigenvalue weighted by Crippen LogP contribution is -2.44. The molecule has 7 nitrogen and oxygen atoms in total. The normalized spacial score (nSPS) is 26.0. The van der Waals surface area contributed by atoms with Gasteiger partial charge in [0.05, 0.1) is 0 Å².